The van der Waals surface area contributed by atoms with Crippen molar-refractivity contribution < 1.29 is 35.0 Å². The number of rotatable bonds is 6. The van der Waals surface area contributed by atoms with Crippen molar-refractivity contribution in [2.45, 2.75) is 156 Å². The van der Waals surface area contributed by atoms with Crippen LogP contribution in [0.15, 0.2) is 11.6 Å². The van der Waals surface area contributed by atoms with Gasteiger partial charge in [-0.1, -0.05) is 46.3 Å². The Bertz CT molecular complexity index is 1020. The number of allylic oxidation sites excluding steroid dienone is 2. The van der Waals surface area contributed by atoms with Crippen LogP contribution in [-0.2, 0) is 9.47 Å². The highest BCUT2D eigenvalue weighted by molar-refractivity contribution is 5.20. The van der Waals surface area contributed by atoms with Gasteiger partial charge in [0.2, 0.25) is 0 Å². The van der Waals surface area contributed by atoms with Crippen molar-refractivity contribution in [3.05, 3.63) is 11.6 Å². The summed E-state index contributed by atoms with van der Waals surface area (Å²) >= 11 is 0. The third kappa shape index (κ3) is 4.87. The van der Waals surface area contributed by atoms with Gasteiger partial charge in [-0.25, -0.2) is 0 Å². The molecular weight excluding hydrogens is 532 g/mol. The molecule has 4 aliphatic carbocycles. The van der Waals surface area contributed by atoms with Crippen molar-refractivity contribution in [2.75, 3.05) is 6.61 Å². The van der Waals surface area contributed by atoms with Crippen LogP contribution in [0.3, 0.4) is 0 Å². The summed E-state index contributed by atoms with van der Waals surface area (Å²) in [6.45, 7) is 18.1. The van der Waals surface area contributed by atoms with Gasteiger partial charge >= 0.3 is 0 Å². The van der Waals surface area contributed by atoms with Crippen LogP contribution in [0, 0.1) is 45.3 Å². The molecule has 0 radical (unpaired) electrons. The molecule has 1 heterocycles. The zero-order valence-corrected chi connectivity index (χ0v) is 27.5. The third-order valence-corrected chi connectivity index (χ3v) is 14.2. The van der Waals surface area contributed by atoms with Gasteiger partial charge in [-0.15, -0.1) is 0 Å². The van der Waals surface area contributed by atoms with Crippen LogP contribution in [0.1, 0.15) is 113 Å². The molecule has 5 rings (SSSR count). The Morgan fingerprint density at radius 1 is 0.857 bits per heavy atom. The zero-order valence-electron chi connectivity index (χ0n) is 27.5. The molecule has 4 saturated carbocycles. The van der Waals surface area contributed by atoms with E-state index in [4.69, 9.17) is 9.47 Å². The Morgan fingerprint density at radius 2 is 1.52 bits per heavy atom. The first-order valence-corrected chi connectivity index (χ1v) is 16.8. The van der Waals surface area contributed by atoms with E-state index in [9.17, 15) is 25.5 Å². The van der Waals surface area contributed by atoms with Crippen LogP contribution in [0.2, 0.25) is 0 Å². The summed E-state index contributed by atoms with van der Waals surface area (Å²) in [4.78, 5) is 0. The van der Waals surface area contributed by atoms with Gasteiger partial charge in [0, 0.05) is 0 Å². The summed E-state index contributed by atoms with van der Waals surface area (Å²) in [6.07, 6.45) is 4.86. The van der Waals surface area contributed by atoms with Crippen molar-refractivity contribution >= 4 is 0 Å². The molecule has 0 bridgehead atoms. The molecule has 0 aromatic heterocycles. The summed E-state index contributed by atoms with van der Waals surface area (Å²) in [5.74, 6) is 0.897. The Morgan fingerprint density at radius 3 is 2.19 bits per heavy atom. The Kier molecular flexibility index (Phi) is 8.65. The maximum atomic E-state index is 12.2. The lowest BCUT2D eigenvalue weighted by Crippen LogP contribution is -2.66. The molecule has 7 heteroatoms. The van der Waals surface area contributed by atoms with E-state index in [-0.39, 0.29) is 46.2 Å². The van der Waals surface area contributed by atoms with E-state index in [0.717, 1.165) is 51.4 Å². The van der Waals surface area contributed by atoms with Crippen molar-refractivity contribution in [1.29, 1.82) is 0 Å². The predicted octanol–water partition coefficient (Wildman–Crippen LogP) is 4.96. The Hall–Kier alpha value is -0.540. The second kappa shape index (κ2) is 11.1. The van der Waals surface area contributed by atoms with Crippen LogP contribution in [0.4, 0.5) is 0 Å². The Labute approximate surface area is 254 Å². The van der Waals surface area contributed by atoms with Crippen molar-refractivity contribution in [2.24, 2.45) is 45.3 Å². The number of aliphatic hydroxyl groups excluding tert-OH is 5. The van der Waals surface area contributed by atoms with Crippen LogP contribution in [0.25, 0.3) is 0 Å². The lowest BCUT2D eigenvalue weighted by Gasteiger charge is -2.70. The minimum absolute atomic E-state index is 0.0361. The van der Waals surface area contributed by atoms with Gasteiger partial charge in [0.25, 0.3) is 0 Å². The molecule has 14 atom stereocenters. The van der Waals surface area contributed by atoms with Crippen LogP contribution in [0.5, 0.6) is 0 Å². The molecule has 7 nitrogen and oxygen atoms in total. The fourth-order valence-corrected chi connectivity index (χ4v) is 11.6. The fourth-order valence-electron chi connectivity index (χ4n) is 11.6. The molecule has 242 valence electrons. The summed E-state index contributed by atoms with van der Waals surface area (Å²) in [7, 11) is 0. The normalized spacial score (nSPS) is 51.5. The van der Waals surface area contributed by atoms with E-state index in [2.05, 4.69) is 61.5 Å². The summed E-state index contributed by atoms with van der Waals surface area (Å²) in [5, 5.41) is 54.5. The molecule has 42 heavy (non-hydrogen) atoms. The smallest absolute Gasteiger partial charge is 0.186 e. The average Bonchev–Trinajstić information content (AvgIpc) is 3.29. The highest BCUT2D eigenvalue weighted by atomic mass is 16.7. The SMILES string of the molecule is CC(C)=CCCC(C)(O[C@@H]1OC[C@@H](O)C(O)C1O)C1CC[C@]2(C)C1[C@H](O)CC1[C@@]3(C)CC[C@H](O)C(C)(C)C3CC[C@]12C. The molecule has 0 aromatic rings. The first kappa shape index (κ1) is 32.8. The van der Waals surface area contributed by atoms with Gasteiger partial charge in [-0.3, -0.25) is 0 Å². The summed E-state index contributed by atoms with van der Waals surface area (Å²) in [6, 6.07) is 0. The van der Waals surface area contributed by atoms with E-state index in [0.29, 0.717) is 18.3 Å². The van der Waals surface area contributed by atoms with Gasteiger partial charge in [-0.2, -0.15) is 0 Å². The van der Waals surface area contributed by atoms with Gasteiger partial charge in [0.1, 0.15) is 18.3 Å². The number of fused-ring (bicyclic) bond motifs is 5. The quantitative estimate of drug-likeness (QED) is 0.277. The summed E-state index contributed by atoms with van der Waals surface area (Å²) < 4.78 is 12.5. The molecular formula is C35H60O7. The summed E-state index contributed by atoms with van der Waals surface area (Å²) in [5.41, 5.74) is 0.437. The molecule has 5 N–H and O–H groups in total. The van der Waals surface area contributed by atoms with E-state index in [1.807, 2.05) is 0 Å². The van der Waals surface area contributed by atoms with Gasteiger partial charge in [0.15, 0.2) is 6.29 Å². The molecule has 1 saturated heterocycles. The van der Waals surface area contributed by atoms with Crippen molar-refractivity contribution in [1.82, 2.24) is 0 Å². The Balaban J connectivity index is 1.48. The second-order valence-electron chi connectivity index (χ2n) is 16.8. The predicted molar refractivity (Wildman–Crippen MR) is 162 cm³/mol. The third-order valence-electron chi connectivity index (χ3n) is 14.2. The topological polar surface area (TPSA) is 120 Å². The maximum absolute atomic E-state index is 12.2. The highest BCUT2D eigenvalue weighted by Gasteiger charge is 2.71. The number of ether oxygens (including phenoxy) is 2. The lowest BCUT2D eigenvalue weighted by atomic mass is 9.35. The lowest BCUT2D eigenvalue weighted by molar-refractivity contribution is -0.314. The molecule has 0 amide bonds. The minimum atomic E-state index is -1.34. The van der Waals surface area contributed by atoms with Gasteiger partial charge < -0.3 is 35.0 Å². The fraction of sp³-hybridized carbons (Fsp3) is 0.943. The average molecular weight is 593 g/mol. The van der Waals surface area contributed by atoms with Crippen LogP contribution >= 0.6 is 0 Å². The van der Waals surface area contributed by atoms with Crippen LogP contribution < -0.4 is 0 Å². The molecule has 0 aromatic carbocycles. The number of aliphatic hydroxyl groups is 5. The zero-order chi connectivity index (χ0) is 31.0. The highest BCUT2D eigenvalue weighted by Crippen LogP contribution is 2.76. The molecule has 5 aliphatic rings. The largest absolute Gasteiger partial charge is 0.393 e. The molecule has 1 aliphatic heterocycles. The van der Waals surface area contributed by atoms with Gasteiger partial charge in [-0.05, 0) is 124 Å². The maximum Gasteiger partial charge on any atom is 0.186 e. The minimum Gasteiger partial charge on any atom is -0.393 e. The first-order chi connectivity index (χ1) is 19.4. The monoisotopic (exact) mass is 592 g/mol. The number of hydrogen-bond acceptors (Lipinski definition) is 7. The van der Waals surface area contributed by atoms with E-state index in [1.165, 1.54) is 5.57 Å². The molecule has 0 spiro atoms. The van der Waals surface area contributed by atoms with Gasteiger partial charge in [0.05, 0.1) is 24.4 Å². The molecule has 5 fully saturated rings. The van der Waals surface area contributed by atoms with E-state index >= 15 is 0 Å². The number of hydrogen-bond donors (Lipinski definition) is 5. The van der Waals surface area contributed by atoms with Crippen LogP contribution in [-0.4, -0.2) is 74.6 Å². The molecule has 7 unspecified atom stereocenters. The van der Waals surface area contributed by atoms with Crippen molar-refractivity contribution in [3.8, 4) is 0 Å². The second-order valence-corrected chi connectivity index (χ2v) is 16.8. The van der Waals surface area contributed by atoms with Crippen molar-refractivity contribution in [3.63, 3.8) is 0 Å². The van der Waals surface area contributed by atoms with E-state index < -0.39 is 36.3 Å². The standard InChI is InChI=1S/C35H60O7/c1-20(2)10-9-14-35(8,42-30-29(40)28(39)23(37)19-41-30)21-11-16-34(7)27(21)22(36)18-25-32(5)15-13-26(38)31(3,4)24(32)12-17-33(25,34)6/h10,21-30,36-40H,9,11-19H2,1-8H3/t21?,22-,23-,24?,25?,26+,27?,28?,29?,30+,32+,33-,34-,35?/m1/s1. The first-order valence-electron chi connectivity index (χ1n) is 16.8. The van der Waals surface area contributed by atoms with E-state index in [1.54, 1.807) is 0 Å².